The van der Waals surface area contributed by atoms with Crippen LogP contribution in [0.1, 0.15) is 30.4 Å². The van der Waals surface area contributed by atoms with E-state index >= 15 is 0 Å². The lowest BCUT2D eigenvalue weighted by molar-refractivity contribution is -0.137. The Labute approximate surface area is 147 Å². The number of aromatic nitrogens is 2. The molecule has 3 aromatic rings. The highest BCUT2D eigenvalue weighted by atomic mass is 19.4. The molecular formula is C19H15F3N2O2. The molecule has 0 radical (unpaired) electrons. The van der Waals surface area contributed by atoms with Gasteiger partial charge in [-0.15, -0.1) is 0 Å². The minimum Gasteiger partial charge on any atom is -0.385 e. The van der Waals surface area contributed by atoms with Crippen LogP contribution in [-0.4, -0.2) is 15.2 Å². The number of aliphatic hydroxyl groups is 1. The molecule has 0 saturated heterocycles. The summed E-state index contributed by atoms with van der Waals surface area (Å²) in [5, 5.41) is 14.2. The molecule has 26 heavy (non-hydrogen) atoms. The van der Waals surface area contributed by atoms with Gasteiger partial charge < -0.3 is 9.63 Å². The van der Waals surface area contributed by atoms with Crippen LogP contribution in [0.25, 0.3) is 22.8 Å². The van der Waals surface area contributed by atoms with E-state index in [1.807, 2.05) is 12.1 Å². The van der Waals surface area contributed by atoms with Gasteiger partial charge in [0.15, 0.2) is 0 Å². The first-order chi connectivity index (χ1) is 12.4. The average Bonchev–Trinajstić information content (AvgIpc) is 3.09. The van der Waals surface area contributed by atoms with Crippen molar-refractivity contribution in [2.75, 3.05) is 0 Å². The fourth-order valence-corrected chi connectivity index (χ4v) is 2.99. The molecule has 0 atom stereocenters. The zero-order valence-corrected chi connectivity index (χ0v) is 13.6. The van der Waals surface area contributed by atoms with Gasteiger partial charge in [-0.3, -0.25) is 0 Å². The number of alkyl halides is 3. The van der Waals surface area contributed by atoms with Crippen molar-refractivity contribution in [2.24, 2.45) is 0 Å². The Kier molecular flexibility index (Phi) is 3.84. The third kappa shape index (κ3) is 2.99. The zero-order valence-electron chi connectivity index (χ0n) is 13.6. The largest absolute Gasteiger partial charge is 0.416 e. The topological polar surface area (TPSA) is 59.2 Å². The molecule has 1 heterocycles. The molecule has 4 rings (SSSR count). The van der Waals surface area contributed by atoms with Gasteiger partial charge in [-0.1, -0.05) is 29.4 Å². The lowest BCUT2D eigenvalue weighted by Crippen LogP contribution is -2.33. The quantitative estimate of drug-likeness (QED) is 0.729. The molecule has 1 saturated carbocycles. The summed E-state index contributed by atoms with van der Waals surface area (Å²) in [6.45, 7) is 0. The van der Waals surface area contributed by atoms with E-state index in [0.29, 0.717) is 11.1 Å². The van der Waals surface area contributed by atoms with Gasteiger partial charge in [-0.05, 0) is 49.1 Å². The Morgan fingerprint density at radius 1 is 0.923 bits per heavy atom. The fourth-order valence-electron chi connectivity index (χ4n) is 2.99. The van der Waals surface area contributed by atoms with E-state index in [9.17, 15) is 18.3 Å². The first kappa shape index (κ1) is 16.8. The van der Waals surface area contributed by atoms with Gasteiger partial charge in [0.25, 0.3) is 5.89 Å². The van der Waals surface area contributed by atoms with E-state index in [2.05, 4.69) is 10.1 Å². The Morgan fingerprint density at radius 2 is 1.54 bits per heavy atom. The van der Waals surface area contributed by atoms with Gasteiger partial charge >= 0.3 is 6.18 Å². The maximum absolute atomic E-state index is 12.6. The summed E-state index contributed by atoms with van der Waals surface area (Å²) < 4.78 is 43.1. The number of benzene rings is 2. The van der Waals surface area contributed by atoms with Gasteiger partial charge in [0, 0.05) is 11.1 Å². The summed E-state index contributed by atoms with van der Waals surface area (Å²) in [4.78, 5) is 4.25. The molecule has 7 heteroatoms. The minimum atomic E-state index is -4.38. The molecule has 1 N–H and O–H groups in total. The molecular weight excluding hydrogens is 345 g/mol. The van der Waals surface area contributed by atoms with Gasteiger partial charge in [-0.25, -0.2) is 0 Å². The van der Waals surface area contributed by atoms with Crippen LogP contribution in [0.3, 0.4) is 0 Å². The first-order valence-corrected chi connectivity index (χ1v) is 8.20. The molecule has 2 aromatic carbocycles. The summed E-state index contributed by atoms with van der Waals surface area (Å²) in [7, 11) is 0. The van der Waals surface area contributed by atoms with Crippen LogP contribution in [-0.2, 0) is 11.8 Å². The molecule has 0 bridgehead atoms. The van der Waals surface area contributed by atoms with Crippen LogP contribution >= 0.6 is 0 Å². The molecule has 1 aliphatic carbocycles. The van der Waals surface area contributed by atoms with E-state index in [4.69, 9.17) is 4.52 Å². The molecule has 0 unspecified atom stereocenters. The normalized spacial score (nSPS) is 16.3. The first-order valence-electron chi connectivity index (χ1n) is 8.20. The van der Waals surface area contributed by atoms with Crippen molar-refractivity contribution in [1.29, 1.82) is 0 Å². The summed E-state index contributed by atoms with van der Waals surface area (Å²) in [6, 6.07) is 11.8. The van der Waals surface area contributed by atoms with Crippen molar-refractivity contribution in [3.8, 4) is 22.8 Å². The van der Waals surface area contributed by atoms with Gasteiger partial charge in [0.2, 0.25) is 5.82 Å². The maximum Gasteiger partial charge on any atom is 0.416 e. The predicted octanol–water partition coefficient (Wildman–Crippen LogP) is 4.79. The Morgan fingerprint density at radius 3 is 2.08 bits per heavy atom. The van der Waals surface area contributed by atoms with E-state index in [0.717, 1.165) is 37.0 Å². The molecule has 1 fully saturated rings. The monoisotopic (exact) mass is 360 g/mol. The highest BCUT2D eigenvalue weighted by Crippen LogP contribution is 2.41. The summed E-state index contributed by atoms with van der Waals surface area (Å²) >= 11 is 0. The Bertz CT molecular complexity index is 911. The summed E-state index contributed by atoms with van der Waals surface area (Å²) in [6.07, 6.45) is -1.86. The third-order valence-electron chi connectivity index (χ3n) is 4.75. The molecule has 1 aliphatic rings. The number of rotatable bonds is 3. The smallest absolute Gasteiger partial charge is 0.385 e. The van der Waals surface area contributed by atoms with Crippen LogP contribution in [0, 0.1) is 0 Å². The second-order valence-corrected chi connectivity index (χ2v) is 6.46. The Balaban J connectivity index is 1.56. The molecule has 134 valence electrons. The van der Waals surface area contributed by atoms with Gasteiger partial charge in [0.1, 0.15) is 0 Å². The van der Waals surface area contributed by atoms with Crippen molar-refractivity contribution >= 4 is 0 Å². The molecule has 1 aromatic heterocycles. The van der Waals surface area contributed by atoms with E-state index in [1.165, 1.54) is 12.1 Å². The second-order valence-electron chi connectivity index (χ2n) is 6.46. The summed E-state index contributed by atoms with van der Waals surface area (Å²) in [5.41, 5.74) is 0.513. The lowest BCUT2D eigenvalue weighted by Gasteiger charge is -2.37. The second kappa shape index (κ2) is 5.95. The molecule has 0 spiro atoms. The molecule has 4 nitrogen and oxygen atoms in total. The number of nitrogens with zero attached hydrogens (tertiary/aromatic N) is 2. The highest BCUT2D eigenvalue weighted by molar-refractivity contribution is 5.60. The molecule has 0 amide bonds. The van der Waals surface area contributed by atoms with Crippen LogP contribution in [0.4, 0.5) is 13.2 Å². The zero-order chi connectivity index (χ0) is 18.4. The van der Waals surface area contributed by atoms with E-state index in [1.54, 1.807) is 12.1 Å². The van der Waals surface area contributed by atoms with Crippen LogP contribution in [0.15, 0.2) is 53.1 Å². The van der Waals surface area contributed by atoms with Crippen molar-refractivity contribution in [3.05, 3.63) is 59.7 Å². The van der Waals surface area contributed by atoms with Crippen molar-refractivity contribution in [2.45, 2.75) is 31.0 Å². The van der Waals surface area contributed by atoms with E-state index < -0.39 is 17.3 Å². The SMILES string of the molecule is OC1(c2ccc(-c3nc(-c4ccc(C(F)(F)F)cc4)no3)cc2)CCC1. The highest BCUT2D eigenvalue weighted by Gasteiger charge is 2.36. The fraction of sp³-hybridized carbons (Fsp3) is 0.263. The predicted molar refractivity (Wildman–Crippen MR) is 87.9 cm³/mol. The standard InChI is InChI=1S/C19H15F3N2O2/c20-19(21,22)15-8-2-12(3-9-15)16-23-17(26-24-16)13-4-6-14(7-5-13)18(25)10-1-11-18/h2-9,25H,1,10-11H2. The number of hydrogen-bond acceptors (Lipinski definition) is 4. The molecule has 0 aliphatic heterocycles. The number of halogens is 3. The van der Waals surface area contributed by atoms with Crippen molar-refractivity contribution in [1.82, 2.24) is 10.1 Å². The number of hydrogen-bond donors (Lipinski definition) is 1. The minimum absolute atomic E-state index is 0.218. The van der Waals surface area contributed by atoms with Crippen molar-refractivity contribution in [3.63, 3.8) is 0 Å². The third-order valence-corrected chi connectivity index (χ3v) is 4.75. The van der Waals surface area contributed by atoms with Gasteiger partial charge in [0.05, 0.1) is 11.2 Å². The van der Waals surface area contributed by atoms with Gasteiger partial charge in [-0.2, -0.15) is 18.2 Å². The average molecular weight is 360 g/mol. The lowest BCUT2D eigenvalue weighted by atomic mass is 9.75. The van der Waals surface area contributed by atoms with Crippen molar-refractivity contribution < 1.29 is 22.8 Å². The van der Waals surface area contributed by atoms with Crippen LogP contribution in [0.5, 0.6) is 0 Å². The Hall–Kier alpha value is -2.67. The van der Waals surface area contributed by atoms with Crippen LogP contribution < -0.4 is 0 Å². The summed E-state index contributed by atoms with van der Waals surface area (Å²) in [5.74, 6) is 0.488. The van der Waals surface area contributed by atoms with E-state index in [-0.39, 0.29) is 11.7 Å². The van der Waals surface area contributed by atoms with Crippen LogP contribution in [0.2, 0.25) is 0 Å². The maximum atomic E-state index is 12.6.